The number of aromatic nitrogens is 1. The number of carbonyl (C=O) groups excluding carboxylic acids is 1. The number of aryl methyl sites for hydroxylation is 1. The van der Waals surface area contributed by atoms with Crippen molar-refractivity contribution in [1.82, 2.24) is 4.98 Å². The lowest BCUT2D eigenvalue weighted by Gasteiger charge is -2.06. The van der Waals surface area contributed by atoms with E-state index in [0.29, 0.717) is 5.01 Å². The van der Waals surface area contributed by atoms with Gasteiger partial charge in [0, 0.05) is 17.9 Å². The number of hydrogen-bond acceptors (Lipinski definition) is 4. The summed E-state index contributed by atoms with van der Waals surface area (Å²) in [5.74, 6) is 0.767. The van der Waals surface area contributed by atoms with Crippen LogP contribution in [0, 0.1) is 6.92 Å². The average Bonchev–Trinajstić information content (AvgIpc) is 2.78. The van der Waals surface area contributed by atoms with E-state index in [0.717, 1.165) is 22.6 Å². The maximum atomic E-state index is 11.2. The second-order valence-electron chi connectivity index (χ2n) is 3.80. The summed E-state index contributed by atoms with van der Waals surface area (Å²) in [5, 5.41) is 2.41. The van der Waals surface area contributed by atoms with E-state index in [1.165, 1.54) is 18.3 Å². The first-order valence-electron chi connectivity index (χ1n) is 5.23. The van der Waals surface area contributed by atoms with E-state index in [4.69, 9.17) is 4.74 Å². The van der Waals surface area contributed by atoms with Crippen LogP contribution < -0.4 is 4.74 Å². The minimum atomic E-state index is -0.00660. The second kappa shape index (κ2) is 4.67. The van der Waals surface area contributed by atoms with Crippen molar-refractivity contribution in [2.24, 2.45) is 0 Å². The van der Waals surface area contributed by atoms with Crippen LogP contribution in [0.2, 0.25) is 0 Å². The van der Waals surface area contributed by atoms with E-state index in [9.17, 15) is 4.79 Å². The topological polar surface area (TPSA) is 39.2 Å². The number of Topliss-reactive ketones (excluding diaryl/α,β-unsaturated/α-hetero) is 1. The Morgan fingerprint density at radius 3 is 2.76 bits per heavy atom. The molecule has 0 fully saturated rings. The highest BCUT2D eigenvalue weighted by atomic mass is 32.1. The number of methoxy groups -OCH3 is 1. The Bertz CT molecular complexity index is 560. The average molecular weight is 247 g/mol. The number of ketones is 1. The fourth-order valence-corrected chi connectivity index (χ4v) is 2.30. The number of rotatable bonds is 3. The van der Waals surface area contributed by atoms with E-state index in [-0.39, 0.29) is 5.78 Å². The second-order valence-corrected chi connectivity index (χ2v) is 4.66. The largest absolute Gasteiger partial charge is 0.496 e. The van der Waals surface area contributed by atoms with Crippen LogP contribution in [0.15, 0.2) is 23.6 Å². The zero-order valence-electron chi connectivity index (χ0n) is 9.98. The van der Waals surface area contributed by atoms with Gasteiger partial charge in [-0.3, -0.25) is 4.79 Å². The smallest absolute Gasteiger partial charge is 0.188 e. The van der Waals surface area contributed by atoms with Gasteiger partial charge in [0.15, 0.2) is 10.8 Å². The molecular formula is C13H13NO2S. The molecule has 0 saturated heterocycles. The molecule has 1 aromatic carbocycles. The highest BCUT2D eigenvalue weighted by Crippen LogP contribution is 2.31. The van der Waals surface area contributed by atoms with Crippen LogP contribution in [-0.4, -0.2) is 17.9 Å². The first-order valence-corrected chi connectivity index (χ1v) is 6.11. The molecule has 2 aromatic rings. The fourth-order valence-electron chi connectivity index (χ4n) is 1.58. The van der Waals surface area contributed by atoms with Gasteiger partial charge in [-0.05, 0) is 19.1 Å². The molecule has 0 radical (unpaired) electrons. The maximum absolute atomic E-state index is 11.2. The third-order valence-electron chi connectivity index (χ3n) is 2.44. The van der Waals surface area contributed by atoms with Crippen molar-refractivity contribution in [2.45, 2.75) is 13.8 Å². The van der Waals surface area contributed by atoms with Gasteiger partial charge in [0.25, 0.3) is 0 Å². The van der Waals surface area contributed by atoms with Gasteiger partial charge >= 0.3 is 0 Å². The molecule has 1 aromatic heterocycles. The minimum absolute atomic E-state index is 0.00660. The summed E-state index contributed by atoms with van der Waals surface area (Å²) >= 11 is 1.36. The molecule has 3 nitrogen and oxygen atoms in total. The molecule has 0 saturated carbocycles. The van der Waals surface area contributed by atoms with Crippen LogP contribution in [0.4, 0.5) is 0 Å². The molecular weight excluding hydrogens is 234 g/mol. The van der Waals surface area contributed by atoms with Gasteiger partial charge in [-0.1, -0.05) is 11.6 Å². The van der Waals surface area contributed by atoms with Gasteiger partial charge in [-0.15, -0.1) is 11.3 Å². The predicted octanol–water partition coefficient (Wildman–Crippen LogP) is 3.33. The Hall–Kier alpha value is -1.68. The quantitative estimate of drug-likeness (QED) is 0.781. The first-order chi connectivity index (χ1) is 8.11. The number of benzene rings is 1. The molecule has 0 aliphatic rings. The zero-order valence-corrected chi connectivity index (χ0v) is 10.8. The maximum Gasteiger partial charge on any atom is 0.188 e. The fraction of sp³-hybridized carbons (Fsp3) is 0.231. The number of nitrogens with zero attached hydrogens (tertiary/aromatic N) is 1. The molecule has 88 valence electrons. The van der Waals surface area contributed by atoms with E-state index in [1.54, 1.807) is 7.11 Å². The molecule has 0 spiro atoms. The van der Waals surface area contributed by atoms with E-state index >= 15 is 0 Å². The molecule has 0 aliphatic carbocycles. The Labute approximate surface area is 104 Å². The lowest BCUT2D eigenvalue weighted by Crippen LogP contribution is -1.92. The zero-order chi connectivity index (χ0) is 12.4. The summed E-state index contributed by atoms with van der Waals surface area (Å²) in [6.07, 6.45) is 0. The highest BCUT2D eigenvalue weighted by molar-refractivity contribution is 7.12. The van der Waals surface area contributed by atoms with Crippen LogP contribution in [-0.2, 0) is 0 Å². The van der Waals surface area contributed by atoms with Crippen LogP contribution >= 0.6 is 11.3 Å². The van der Waals surface area contributed by atoms with Crippen molar-refractivity contribution in [1.29, 1.82) is 0 Å². The van der Waals surface area contributed by atoms with Crippen LogP contribution in [0.3, 0.4) is 0 Å². The van der Waals surface area contributed by atoms with Crippen LogP contribution in [0.5, 0.6) is 5.75 Å². The van der Waals surface area contributed by atoms with Crippen molar-refractivity contribution in [3.8, 4) is 17.0 Å². The Morgan fingerprint density at radius 1 is 1.41 bits per heavy atom. The van der Waals surface area contributed by atoms with Gasteiger partial charge < -0.3 is 4.74 Å². The molecule has 0 aliphatic heterocycles. The van der Waals surface area contributed by atoms with Crippen molar-refractivity contribution in [3.63, 3.8) is 0 Å². The van der Waals surface area contributed by atoms with E-state index in [2.05, 4.69) is 4.98 Å². The number of thiazole rings is 1. The van der Waals surface area contributed by atoms with Gasteiger partial charge in [0.2, 0.25) is 0 Å². The molecule has 0 N–H and O–H groups in total. The predicted molar refractivity (Wildman–Crippen MR) is 68.8 cm³/mol. The highest BCUT2D eigenvalue weighted by Gasteiger charge is 2.12. The van der Waals surface area contributed by atoms with Crippen molar-refractivity contribution in [3.05, 3.63) is 34.2 Å². The van der Waals surface area contributed by atoms with Gasteiger partial charge in [-0.2, -0.15) is 0 Å². The Morgan fingerprint density at radius 2 is 2.18 bits per heavy atom. The van der Waals surface area contributed by atoms with Crippen molar-refractivity contribution < 1.29 is 9.53 Å². The molecule has 0 bridgehead atoms. The third-order valence-corrected chi connectivity index (χ3v) is 3.38. The molecule has 17 heavy (non-hydrogen) atoms. The molecule has 0 unspecified atom stereocenters. The van der Waals surface area contributed by atoms with E-state index in [1.807, 2.05) is 30.5 Å². The van der Waals surface area contributed by atoms with Gasteiger partial charge in [0.05, 0.1) is 12.8 Å². The molecule has 1 heterocycles. The molecule has 0 amide bonds. The Balaban J connectivity index is 2.51. The molecule has 4 heteroatoms. The monoisotopic (exact) mass is 247 g/mol. The number of carbonyl (C=O) groups is 1. The summed E-state index contributed by atoms with van der Waals surface area (Å²) < 4.78 is 5.30. The van der Waals surface area contributed by atoms with Crippen LogP contribution in [0.1, 0.15) is 22.3 Å². The Kier molecular flexibility index (Phi) is 3.24. The lowest BCUT2D eigenvalue weighted by molar-refractivity contribution is 0.101. The number of ether oxygens (including phenoxy) is 1. The normalized spacial score (nSPS) is 10.3. The SMILES string of the molecule is COc1ccc(C)cc1-c1csc(C(C)=O)n1. The summed E-state index contributed by atoms with van der Waals surface area (Å²) in [6, 6.07) is 5.91. The van der Waals surface area contributed by atoms with Gasteiger partial charge in [0.1, 0.15) is 5.75 Å². The van der Waals surface area contributed by atoms with Crippen LogP contribution in [0.25, 0.3) is 11.3 Å². The summed E-state index contributed by atoms with van der Waals surface area (Å²) in [4.78, 5) is 15.5. The first kappa shape index (κ1) is 11.8. The standard InChI is InChI=1S/C13H13NO2S/c1-8-4-5-12(16-3)10(6-8)11-7-17-13(14-11)9(2)15/h4-7H,1-3H3. The molecule has 0 atom stereocenters. The number of hydrogen-bond donors (Lipinski definition) is 0. The van der Waals surface area contributed by atoms with Crippen molar-refractivity contribution >= 4 is 17.1 Å². The lowest BCUT2D eigenvalue weighted by atomic mass is 10.1. The third kappa shape index (κ3) is 2.36. The molecule has 2 rings (SSSR count). The summed E-state index contributed by atoms with van der Waals surface area (Å²) in [6.45, 7) is 3.54. The summed E-state index contributed by atoms with van der Waals surface area (Å²) in [5.41, 5.74) is 2.86. The minimum Gasteiger partial charge on any atom is -0.496 e. The van der Waals surface area contributed by atoms with E-state index < -0.39 is 0 Å². The van der Waals surface area contributed by atoms with Gasteiger partial charge in [-0.25, -0.2) is 4.98 Å². The van der Waals surface area contributed by atoms with Crippen molar-refractivity contribution in [2.75, 3.05) is 7.11 Å². The summed E-state index contributed by atoms with van der Waals surface area (Å²) in [7, 11) is 1.63.